The molecule has 19 heavy (non-hydrogen) atoms. The Kier molecular flexibility index (Phi) is 3.35. The minimum absolute atomic E-state index is 0.379. The van der Waals surface area contributed by atoms with Crippen LogP contribution in [0.25, 0.3) is 0 Å². The van der Waals surface area contributed by atoms with Crippen molar-refractivity contribution in [2.45, 2.75) is 25.3 Å². The van der Waals surface area contributed by atoms with Crippen molar-refractivity contribution in [1.82, 2.24) is 5.43 Å². The van der Waals surface area contributed by atoms with Gasteiger partial charge in [0.15, 0.2) is 0 Å². The van der Waals surface area contributed by atoms with Crippen LogP contribution in [-0.2, 0) is 12.8 Å². The first-order valence-electron chi connectivity index (χ1n) is 6.21. The van der Waals surface area contributed by atoms with Crippen LogP contribution in [0.5, 0.6) is 0 Å². The van der Waals surface area contributed by atoms with Crippen molar-refractivity contribution in [2.75, 3.05) is 0 Å². The normalized spacial score (nSPS) is 15.5. The van der Waals surface area contributed by atoms with Gasteiger partial charge in [-0.25, -0.2) is 14.2 Å². The van der Waals surface area contributed by atoms with E-state index in [0.29, 0.717) is 5.56 Å². The lowest BCUT2D eigenvalue weighted by Gasteiger charge is -2.15. The molecule has 1 aliphatic rings. The zero-order valence-corrected chi connectivity index (χ0v) is 11.1. The van der Waals surface area contributed by atoms with Crippen molar-refractivity contribution in [3.8, 4) is 0 Å². The van der Waals surface area contributed by atoms with Crippen molar-refractivity contribution < 1.29 is 8.78 Å². The van der Waals surface area contributed by atoms with E-state index in [4.69, 9.17) is 5.84 Å². The molecular weight excluding hydrogens is 266 g/mol. The number of hydrazine groups is 1. The second kappa shape index (κ2) is 5.00. The number of fused-ring (bicyclic) bond motifs is 1. The first kappa shape index (κ1) is 12.7. The average molecular weight is 280 g/mol. The molecule has 1 heterocycles. The predicted molar refractivity (Wildman–Crippen MR) is 71.9 cm³/mol. The first-order chi connectivity index (χ1) is 9.19. The smallest absolute Gasteiger partial charge is 0.131 e. The van der Waals surface area contributed by atoms with Gasteiger partial charge >= 0.3 is 0 Å². The lowest BCUT2D eigenvalue weighted by atomic mass is 10.0. The van der Waals surface area contributed by atoms with E-state index in [1.807, 2.05) is 0 Å². The number of aryl methyl sites for hydroxylation is 2. The minimum Gasteiger partial charge on any atom is -0.271 e. The summed E-state index contributed by atoms with van der Waals surface area (Å²) in [7, 11) is 0. The molecule has 0 radical (unpaired) electrons. The Morgan fingerprint density at radius 2 is 2.05 bits per heavy atom. The van der Waals surface area contributed by atoms with Gasteiger partial charge in [-0.15, -0.1) is 11.3 Å². The molecule has 1 aliphatic carbocycles. The maximum Gasteiger partial charge on any atom is 0.131 e. The molecule has 100 valence electrons. The molecule has 0 aliphatic heterocycles. The van der Waals surface area contributed by atoms with E-state index >= 15 is 0 Å². The van der Waals surface area contributed by atoms with Crippen LogP contribution in [-0.4, -0.2) is 0 Å². The molecule has 0 saturated heterocycles. The highest BCUT2D eigenvalue weighted by atomic mass is 32.1. The van der Waals surface area contributed by atoms with E-state index in [1.165, 1.54) is 29.0 Å². The van der Waals surface area contributed by atoms with E-state index in [2.05, 4.69) is 11.5 Å². The fourth-order valence-corrected chi connectivity index (χ4v) is 3.89. The molecule has 2 aromatic rings. The topological polar surface area (TPSA) is 38.0 Å². The Morgan fingerprint density at radius 3 is 2.74 bits per heavy atom. The number of halogens is 2. The van der Waals surface area contributed by atoms with Crippen LogP contribution in [0.3, 0.4) is 0 Å². The average Bonchev–Trinajstić information content (AvgIpc) is 2.93. The van der Waals surface area contributed by atoms with Crippen LogP contribution in [0.2, 0.25) is 0 Å². The van der Waals surface area contributed by atoms with Crippen LogP contribution in [0.4, 0.5) is 8.78 Å². The van der Waals surface area contributed by atoms with Gasteiger partial charge in [-0.2, -0.15) is 0 Å². The molecule has 1 unspecified atom stereocenters. The summed E-state index contributed by atoms with van der Waals surface area (Å²) in [4.78, 5) is 2.34. The SMILES string of the molecule is NNC(c1cc2c(s1)CCC2)c1ccc(F)cc1F. The van der Waals surface area contributed by atoms with Gasteiger partial charge in [0.25, 0.3) is 0 Å². The fraction of sp³-hybridized carbons (Fsp3) is 0.286. The summed E-state index contributed by atoms with van der Waals surface area (Å²) in [6, 6.07) is 5.25. The van der Waals surface area contributed by atoms with E-state index in [-0.39, 0.29) is 0 Å². The number of benzene rings is 1. The highest BCUT2D eigenvalue weighted by molar-refractivity contribution is 7.12. The molecule has 5 heteroatoms. The van der Waals surface area contributed by atoms with Gasteiger partial charge in [-0.3, -0.25) is 5.84 Å². The molecule has 2 nitrogen and oxygen atoms in total. The highest BCUT2D eigenvalue weighted by Gasteiger charge is 2.22. The summed E-state index contributed by atoms with van der Waals surface area (Å²) in [6.45, 7) is 0. The maximum atomic E-state index is 13.8. The molecule has 1 atom stereocenters. The monoisotopic (exact) mass is 280 g/mol. The van der Waals surface area contributed by atoms with Gasteiger partial charge in [0, 0.05) is 21.4 Å². The Morgan fingerprint density at radius 1 is 1.21 bits per heavy atom. The molecular formula is C14H14F2N2S. The molecule has 0 bridgehead atoms. The van der Waals surface area contributed by atoms with Crippen molar-refractivity contribution >= 4 is 11.3 Å². The van der Waals surface area contributed by atoms with E-state index in [0.717, 1.165) is 23.8 Å². The van der Waals surface area contributed by atoms with Gasteiger partial charge in [0.1, 0.15) is 11.6 Å². The third kappa shape index (κ3) is 2.29. The number of nitrogens with one attached hydrogen (secondary N) is 1. The van der Waals surface area contributed by atoms with Crippen LogP contribution in [0.15, 0.2) is 24.3 Å². The maximum absolute atomic E-state index is 13.8. The van der Waals surface area contributed by atoms with E-state index < -0.39 is 17.7 Å². The van der Waals surface area contributed by atoms with Crippen molar-refractivity contribution in [2.24, 2.45) is 5.84 Å². The molecule has 3 rings (SSSR count). The Hall–Kier alpha value is -1.30. The third-order valence-electron chi connectivity index (χ3n) is 3.49. The number of hydrogen-bond acceptors (Lipinski definition) is 3. The second-order valence-electron chi connectivity index (χ2n) is 4.72. The molecule has 1 aromatic heterocycles. The Balaban J connectivity index is 1.99. The lowest BCUT2D eigenvalue weighted by Crippen LogP contribution is -2.29. The van der Waals surface area contributed by atoms with Crippen molar-refractivity contribution in [3.63, 3.8) is 0 Å². The van der Waals surface area contributed by atoms with E-state index in [1.54, 1.807) is 11.3 Å². The number of nitrogens with two attached hydrogens (primary N) is 1. The largest absolute Gasteiger partial charge is 0.271 e. The number of thiophene rings is 1. The highest BCUT2D eigenvalue weighted by Crippen LogP contribution is 2.36. The summed E-state index contributed by atoms with van der Waals surface area (Å²) >= 11 is 1.66. The molecule has 0 amide bonds. The summed E-state index contributed by atoms with van der Waals surface area (Å²) in [5, 5.41) is 0. The zero-order chi connectivity index (χ0) is 13.4. The van der Waals surface area contributed by atoms with Crippen molar-refractivity contribution in [3.05, 3.63) is 56.8 Å². The summed E-state index contributed by atoms with van der Waals surface area (Å²) in [5.74, 6) is 4.41. The molecule has 3 N–H and O–H groups in total. The fourth-order valence-electron chi connectivity index (χ4n) is 2.56. The van der Waals surface area contributed by atoms with Gasteiger partial charge in [-0.05, 0) is 37.0 Å². The quantitative estimate of drug-likeness (QED) is 0.670. The van der Waals surface area contributed by atoms with Crippen LogP contribution in [0.1, 0.15) is 33.3 Å². The number of rotatable bonds is 3. The predicted octanol–water partition coefficient (Wildman–Crippen LogP) is 3.07. The third-order valence-corrected chi connectivity index (χ3v) is 4.79. The van der Waals surface area contributed by atoms with E-state index in [9.17, 15) is 8.78 Å². The van der Waals surface area contributed by atoms with Crippen LogP contribution >= 0.6 is 11.3 Å². The van der Waals surface area contributed by atoms with Crippen molar-refractivity contribution in [1.29, 1.82) is 0 Å². The zero-order valence-electron chi connectivity index (χ0n) is 10.2. The molecule has 0 saturated carbocycles. The standard InChI is InChI=1S/C14H14F2N2S/c15-9-4-5-10(11(16)7-9)14(18-17)13-6-8-2-1-3-12(8)19-13/h4-7,14,18H,1-3,17H2. The number of hydrogen-bond donors (Lipinski definition) is 2. The molecule has 1 aromatic carbocycles. The first-order valence-corrected chi connectivity index (χ1v) is 7.03. The second-order valence-corrected chi connectivity index (χ2v) is 5.88. The molecule has 0 spiro atoms. The van der Waals surface area contributed by atoms with Gasteiger partial charge < -0.3 is 0 Å². The Bertz CT molecular complexity index is 588. The van der Waals surface area contributed by atoms with Crippen LogP contribution in [0, 0.1) is 11.6 Å². The van der Waals surface area contributed by atoms with Gasteiger partial charge in [0.2, 0.25) is 0 Å². The minimum atomic E-state index is -0.578. The summed E-state index contributed by atoms with van der Waals surface area (Å²) in [6.07, 6.45) is 3.35. The van der Waals surface area contributed by atoms with Crippen LogP contribution < -0.4 is 11.3 Å². The summed E-state index contributed by atoms with van der Waals surface area (Å²) in [5.41, 5.74) is 4.35. The molecule has 0 fully saturated rings. The lowest BCUT2D eigenvalue weighted by molar-refractivity contribution is 0.544. The Labute approximate surface area is 114 Å². The summed E-state index contributed by atoms with van der Waals surface area (Å²) < 4.78 is 26.8. The van der Waals surface area contributed by atoms with Gasteiger partial charge in [0.05, 0.1) is 6.04 Å². The van der Waals surface area contributed by atoms with Gasteiger partial charge in [-0.1, -0.05) is 6.07 Å².